The Morgan fingerprint density at radius 3 is 1.56 bits per heavy atom. The Morgan fingerprint density at radius 1 is 0.833 bits per heavy atom. The smallest absolute Gasteiger partial charge is 0.225 e. The molecule has 0 radical (unpaired) electrons. The lowest BCUT2D eigenvalue weighted by atomic mass is 9.94. The first-order chi connectivity index (χ1) is 8.75. The molecule has 0 heterocycles. The Balaban J connectivity index is 2.08. The average molecular weight is 259 g/mol. The highest BCUT2D eigenvalue weighted by Gasteiger charge is 2.17. The monoisotopic (exact) mass is 258 g/mol. The Bertz CT molecular complexity index is 452. The largest absolute Gasteiger partial charge is 0.281 e. The van der Waals surface area contributed by atoms with E-state index in [-0.39, 0.29) is 11.2 Å². The Labute approximate surface area is 112 Å². The van der Waals surface area contributed by atoms with E-state index in [1.54, 1.807) is 0 Å². The molecule has 2 heteroatoms. The molecule has 92 valence electrons. The van der Waals surface area contributed by atoms with Crippen LogP contribution in [-0.4, -0.2) is 5.24 Å². The second-order valence-electron chi connectivity index (χ2n) is 4.38. The van der Waals surface area contributed by atoms with E-state index < -0.39 is 0 Å². The highest BCUT2D eigenvalue weighted by Crippen LogP contribution is 2.17. The second kappa shape index (κ2) is 6.36. The number of hydrogen-bond acceptors (Lipinski definition) is 1. The lowest BCUT2D eigenvalue weighted by molar-refractivity contribution is -0.115. The third-order valence-corrected chi connectivity index (χ3v) is 3.28. The first-order valence-electron chi connectivity index (χ1n) is 6.03. The minimum atomic E-state index is -0.261. The van der Waals surface area contributed by atoms with Gasteiger partial charge < -0.3 is 0 Å². The van der Waals surface area contributed by atoms with Gasteiger partial charge in [-0.15, -0.1) is 0 Å². The van der Waals surface area contributed by atoms with Crippen molar-refractivity contribution in [2.24, 2.45) is 5.92 Å². The molecule has 0 atom stereocenters. The minimum Gasteiger partial charge on any atom is -0.281 e. The summed E-state index contributed by atoms with van der Waals surface area (Å²) in [5.74, 6) is -0.156. The topological polar surface area (TPSA) is 17.1 Å². The Hall–Kier alpha value is -1.60. The number of hydrogen-bond donors (Lipinski definition) is 0. The molecule has 18 heavy (non-hydrogen) atoms. The molecule has 1 nitrogen and oxygen atoms in total. The third kappa shape index (κ3) is 3.71. The molecule has 2 aromatic carbocycles. The van der Waals surface area contributed by atoms with Crippen LogP contribution in [0.15, 0.2) is 60.7 Å². The number of rotatable bonds is 5. The average Bonchev–Trinajstić information content (AvgIpc) is 2.40. The molecule has 0 aliphatic heterocycles. The van der Waals surface area contributed by atoms with Crippen LogP contribution in [0.2, 0.25) is 0 Å². The van der Waals surface area contributed by atoms with E-state index in [1.807, 2.05) is 60.7 Å². The van der Waals surface area contributed by atoms with Crippen LogP contribution in [-0.2, 0) is 17.6 Å². The number of halogens is 1. The summed E-state index contributed by atoms with van der Waals surface area (Å²) >= 11 is 5.70. The van der Waals surface area contributed by atoms with E-state index in [0.29, 0.717) is 12.8 Å². The highest BCUT2D eigenvalue weighted by atomic mass is 35.5. The lowest BCUT2D eigenvalue weighted by Gasteiger charge is -2.12. The van der Waals surface area contributed by atoms with Gasteiger partial charge in [-0.25, -0.2) is 0 Å². The van der Waals surface area contributed by atoms with E-state index in [0.717, 1.165) is 11.1 Å². The van der Waals surface area contributed by atoms with E-state index in [9.17, 15) is 4.79 Å². The van der Waals surface area contributed by atoms with Gasteiger partial charge in [-0.2, -0.15) is 0 Å². The van der Waals surface area contributed by atoms with Crippen LogP contribution in [0.5, 0.6) is 0 Å². The van der Waals surface area contributed by atoms with Gasteiger partial charge in [0.05, 0.1) is 0 Å². The zero-order valence-corrected chi connectivity index (χ0v) is 10.8. The Morgan fingerprint density at radius 2 is 1.22 bits per heavy atom. The summed E-state index contributed by atoms with van der Waals surface area (Å²) in [7, 11) is 0. The SMILES string of the molecule is O=C(Cl)C(Cc1ccccc1)Cc1ccccc1. The van der Waals surface area contributed by atoms with Crippen molar-refractivity contribution in [2.45, 2.75) is 12.8 Å². The minimum absolute atomic E-state index is 0.156. The van der Waals surface area contributed by atoms with Crippen molar-refractivity contribution in [3.8, 4) is 0 Å². The molecular formula is C16H15ClO. The van der Waals surface area contributed by atoms with Crippen molar-refractivity contribution < 1.29 is 4.79 Å². The van der Waals surface area contributed by atoms with Crippen LogP contribution in [0.25, 0.3) is 0 Å². The zero-order chi connectivity index (χ0) is 12.8. The summed E-state index contributed by atoms with van der Waals surface area (Å²) in [4.78, 5) is 11.5. The summed E-state index contributed by atoms with van der Waals surface area (Å²) in [5.41, 5.74) is 2.29. The lowest BCUT2D eigenvalue weighted by Crippen LogP contribution is -2.15. The summed E-state index contributed by atoms with van der Waals surface area (Å²) in [6, 6.07) is 20.0. The van der Waals surface area contributed by atoms with Crippen molar-refractivity contribution in [1.29, 1.82) is 0 Å². The van der Waals surface area contributed by atoms with Gasteiger partial charge in [-0.05, 0) is 35.6 Å². The molecule has 0 aliphatic rings. The molecule has 0 saturated carbocycles. The van der Waals surface area contributed by atoms with Crippen LogP contribution in [0.1, 0.15) is 11.1 Å². The van der Waals surface area contributed by atoms with E-state index in [2.05, 4.69) is 0 Å². The fourth-order valence-electron chi connectivity index (χ4n) is 2.03. The van der Waals surface area contributed by atoms with Gasteiger partial charge >= 0.3 is 0 Å². The van der Waals surface area contributed by atoms with Crippen LogP contribution in [0.3, 0.4) is 0 Å². The molecule has 2 aromatic rings. The predicted octanol–water partition coefficient (Wildman–Crippen LogP) is 3.85. The van der Waals surface area contributed by atoms with Crippen LogP contribution < -0.4 is 0 Å². The standard InChI is InChI=1S/C16H15ClO/c17-16(18)15(11-13-7-3-1-4-8-13)12-14-9-5-2-6-10-14/h1-10,15H,11-12H2. The summed E-state index contributed by atoms with van der Waals surface area (Å²) in [6.45, 7) is 0. The second-order valence-corrected chi connectivity index (χ2v) is 4.75. The first kappa shape index (κ1) is 12.8. The fraction of sp³-hybridized carbons (Fsp3) is 0.188. The zero-order valence-electron chi connectivity index (χ0n) is 10.1. The van der Waals surface area contributed by atoms with Gasteiger partial charge in [0.25, 0.3) is 0 Å². The van der Waals surface area contributed by atoms with Crippen molar-refractivity contribution in [3.05, 3.63) is 71.8 Å². The quantitative estimate of drug-likeness (QED) is 0.745. The molecule has 0 spiro atoms. The van der Waals surface area contributed by atoms with E-state index in [4.69, 9.17) is 11.6 Å². The molecule has 0 amide bonds. The third-order valence-electron chi connectivity index (χ3n) is 2.97. The number of benzene rings is 2. The first-order valence-corrected chi connectivity index (χ1v) is 6.40. The van der Waals surface area contributed by atoms with Gasteiger partial charge in [0.15, 0.2) is 0 Å². The molecule has 0 saturated heterocycles. The maximum Gasteiger partial charge on any atom is 0.225 e. The van der Waals surface area contributed by atoms with Gasteiger partial charge in [-0.3, -0.25) is 4.79 Å². The normalized spacial score (nSPS) is 10.6. The van der Waals surface area contributed by atoms with Gasteiger partial charge in [0.2, 0.25) is 5.24 Å². The van der Waals surface area contributed by atoms with Crippen molar-refractivity contribution in [1.82, 2.24) is 0 Å². The molecule has 0 bridgehead atoms. The van der Waals surface area contributed by atoms with Gasteiger partial charge in [0, 0.05) is 5.92 Å². The van der Waals surface area contributed by atoms with Gasteiger partial charge in [-0.1, -0.05) is 60.7 Å². The summed E-state index contributed by atoms with van der Waals surface area (Å²) < 4.78 is 0. The summed E-state index contributed by atoms with van der Waals surface area (Å²) in [6.07, 6.45) is 1.39. The molecule has 0 unspecified atom stereocenters. The maximum atomic E-state index is 11.5. The van der Waals surface area contributed by atoms with E-state index >= 15 is 0 Å². The highest BCUT2D eigenvalue weighted by molar-refractivity contribution is 6.64. The summed E-state index contributed by atoms with van der Waals surface area (Å²) in [5, 5.41) is -0.261. The number of carbonyl (C=O) groups excluding carboxylic acids is 1. The molecule has 0 aliphatic carbocycles. The molecule has 0 aromatic heterocycles. The van der Waals surface area contributed by atoms with Crippen molar-refractivity contribution in [3.63, 3.8) is 0 Å². The van der Waals surface area contributed by atoms with Gasteiger partial charge in [0.1, 0.15) is 0 Å². The molecule has 0 fully saturated rings. The van der Waals surface area contributed by atoms with Crippen molar-refractivity contribution in [2.75, 3.05) is 0 Å². The molecule has 2 rings (SSSR count). The molecular weight excluding hydrogens is 244 g/mol. The molecule has 0 N–H and O–H groups in total. The van der Waals surface area contributed by atoms with E-state index in [1.165, 1.54) is 0 Å². The maximum absolute atomic E-state index is 11.5. The fourth-order valence-corrected chi connectivity index (χ4v) is 2.18. The number of carbonyl (C=O) groups is 1. The Kier molecular flexibility index (Phi) is 4.54. The van der Waals surface area contributed by atoms with Crippen LogP contribution in [0, 0.1) is 5.92 Å². The van der Waals surface area contributed by atoms with Crippen LogP contribution >= 0.6 is 11.6 Å². The van der Waals surface area contributed by atoms with Crippen molar-refractivity contribution >= 4 is 16.8 Å². The predicted molar refractivity (Wildman–Crippen MR) is 74.6 cm³/mol. The van der Waals surface area contributed by atoms with Crippen LogP contribution in [0.4, 0.5) is 0 Å².